The fourth-order valence-corrected chi connectivity index (χ4v) is 1.22. The number of hydrogen-bond acceptors (Lipinski definition) is 3. The van der Waals surface area contributed by atoms with E-state index in [0.717, 1.165) is 36.9 Å². The molecule has 0 aliphatic heterocycles. The lowest BCUT2D eigenvalue weighted by Gasteiger charge is -2.01. The zero-order valence-corrected chi connectivity index (χ0v) is 10.2. The molecular formula is C9H17IO3. The van der Waals surface area contributed by atoms with E-state index in [-0.39, 0.29) is 5.97 Å². The Morgan fingerprint density at radius 1 is 1.23 bits per heavy atom. The monoisotopic (exact) mass is 300 g/mol. The molecular weight excluding hydrogens is 283 g/mol. The SMILES string of the molecule is COC(=O)CCCCCOCCI. The van der Waals surface area contributed by atoms with Gasteiger partial charge in [0.15, 0.2) is 0 Å². The highest BCUT2D eigenvalue weighted by atomic mass is 127. The molecule has 0 N–H and O–H groups in total. The van der Waals surface area contributed by atoms with Gasteiger partial charge in [-0.2, -0.15) is 0 Å². The van der Waals surface area contributed by atoms with E-state index >= 15 is 0 Å². The lowest BCUT2D eigenvalue weighted by molar-refractivity contribution is -0.140. The molecule has 0 unspecified atom stereocenters. The number of ether oxygens (including phenoxy) is 2. The van der Waals surface area contributed by atoms with Gasteiger partial charge >= 0.3 is 5.97 Å². The number of alkyl halides is 1. The molecule has 0 aromatic heterocycles. The second-order valence-corrected chi connectivity index (χ2v) is 3.77. The maximum absolute atomic E-state index is 10.7. The van der Waals surface area contributed by atoms with Crippen molar-refractivity contribution >= 4 is 28.6 Å². The minimum absolute atomic E-state index is 0.117. The summed E-state index contributed by atoms with van der Waals surface area (Å²) in [6, 6.07) is 0. The first kappa shape index (κ1) is 13.2. The third kappa shape index (κ3) is 10.1. The van der Waals surface area contributed by atoms with Gasteiger partial charge in [0, 0.05) is 17.5 Å². The molecule has 78 valence electrons. The summed E-state index contributed by atoms with van der Waals surface area (Å²) >= 11 is 2.28. The molecule has 4 heteroatoms. The minimum atomic E-state index is -0.117. The van der Waals surface area contributed by atoms with Crippen LogP contribution in [0.3, 0.4) is 0 Å². The van der Waals surface area contributed by atoms with Crippen molar-refractivity contribution in [3.63, 3.8) is 0 Å². The molecule has 0 aliphatic carbocycles. The molecule has 0 bridgehead atoms. The van der Waals surface area contributed by atoms with Crippen LogP contribution in [0.5, 0.6) is 0 Å². The zero-order valence-electron chi connectivity index (χ0n) is 8.05. The van der Waals surface area contributed by atoms with Crippen molar-refractivity contribution in [2.24, 2.45) is 0 Å². The lowest BCUT2D eigenvalue weighted by atomic mass is 10.2. The Morgan fingerprint density at radius 2 is 2.00 bits per heavy atom. The van der Waals surface area contributed by atoms with Crippen LogP contribution < -0.4 is 0 Å². The molecule has 0 spiro atoms. The van der Waals surface area contributed by atoms with E-state index in [2.05, 4.69) is 27.3 Å². The maximum atomic E-state index is 10.7. The summed E-state index contributed by atoms with van der Waals surface area (Å²) in [4.78, 5) is 10.7. The highest BCUT2D eigenvalue weighted by Crippen LogP contribution is 2.01. The number of esters is 1. The summed E-state index contributed by atoms with van der Waals surface area (Å²) < 4.78 is 10.9. The van der Waals surface area contributed by atoms with Crippen molar-refractivity contribution < 1.29 is 14.3 Å². The largest absolute Gasteiger partial charge is 0.469 e. The Balaban J connectivity index is 2.95. The third-order valence-corrected chi connectivity index (χ3v) is 2.06. The molecule has 0 aromatic carbocycles. The van der Waals surface area contributed by atoms with E-state index in [0.29, 0.717) is 6.42 Å². The van der Waals surface area contributed by atoms with Gasteiger partial charge < -0.3 is 9.47 Å². The summed E-state index contributed by atoms with van der Waals surface area (Å²) in [5, 5.41) is 0. The highest BCUT2D eigenvalue weighted by molar-refractivity contribution is 14.1. The van der Waals surface area contributed by atoms with Crippen LogP contribution in [0.15, 0.2) is 0 Å². The number of rotatable bonds is 8. The first-order valence-electron chi connectivity index (χ1n) is 4.51. The number of carbonyl (C=O) groups is 1. The zero-order chi connectivity index (χ0) is 9.94. The van der Waals surface area contributed by atoms with E-state index in [1.807, 2.05) is 0 Å². The molecule has 0 aliphatic rings. The van der Waals surface area contributed by atoms with Gasteiger partial charge in [-0.3, -0.25) is 4.79 Å². The first-order chi connectivity index (χ1) is 6.31. The predicted molar refractivity (Wildman–Crippen MR) is 60.2 cm³/mol. The molecule has 0 fully saturated rings. The number of halogens is 1. The minimum Gasteiger partial charge on any atom is -0.469 e. The molecule has 0 rings (SSSR count). The smallest absolute Gasteiger partial charge is 0.305 e. The average Bonchev–Trinajstić information content (AvgIpc) is 2.16. The summed E-state index contributed by atoms with van der Waals surface area (Å²) in [6.07, 6.45) is 3.51. The number of carbonyl (C=O) groups excluding carboxylic acids is 1. The van der Waals surface area contributed by atoms with E-state index in [1.54, 1.807) is 0 Å². The van der Waals surface area contributed by atoms with Gasteiger partial charge in [0.25, 0.3) is 0 Å². The van der Waals surface area contributed by atoms with E-state index in [1.165, 1.54) is 7.11 Å². The number of unbranched alkanes of at least 4 members (excludes halogenated alkanes) is 2. The average molecular weight is 300 g/mol. The first-order valence-corrected chi connectivity index (χ1v) is 6.04. The standard InChI is InChI=1S/C9H17IO3/c1-12-9(11)5-3-2-4-7-13-8-6-10/h2-8H2,1H3. The Kier molecular flexibility index (Phi) is 10.4. The van der Waals surface area contributed by atoms with Crippen molar-refractivity contribution in [1.82, 2.24) is 0 Å². The van der Waals surface area contributed by atoms with Gasteiger partial charge in [-0.25, -0.2) is 0 Å². The molecule has 0 atom stereocenters. The molecule has 3 nitrogen and oxygen atoms in total. The van der Waals surface area contributed by atoms with Gasteiger partial charge in [0.05, 0.1) is 13.7 Å². The fourth-order valence-electron chi connectivity index (χ4n) is 0.909. The number of hydrogen-bond donors (Lipinski definition) is 0. The van der Waals surface area contributed by atoms with Crippen molar-refractivity contribution in [3.05, 3.63) is 0 Å². The van der Waals surface area contributed by atoms with Crippen LogP contribution in [0.2, 0.25) is 0 Å². The van der Waals surface area contributed by atoms with Crippen molar-refractivity contribution in [3.8, 4) is 0 Å². The van der Waals surface area contributed by atoms with E-state index in [9.17, 15) is 4.79 Å². The number of methoxy groups -OCH3 is 1. The van der Waals surface area contributed by atoms with Gasteiger partial charge in [-0.1, -0.05) is 29.0 Å². The molecule has 0 heterocycles. The Bertz CT molecular complexity index is 128. The van der Waals surface area contributed by atoms with Gasteiger partial charge in [-0.15, -0.1) is 0 Å². The normalized spacial score (nSPS) is 10.0. The van der Waals surface area contributed by atoms with Crippen LogP contribution in [0, 0.1) is 0 Å². The van der Waals surface area contributed by atoms with E-state index in [4.69, 9.17) is 4.74 Å². The third-order valence-electron chi connectivity index (χ3n) is 1.62. The van der Waals surface area contributed by atoms with Crippen LogP contribution in [0.1, 0.15) is 25.7 Å². The van der Waals surface area contributed by atoms with Crippen molar-refractivity contribution in [1.29, 1.82) is 0 Å². The second-order valence-electron chi connectivity index (χ2n) is 2.69. The van der Waals surface area contributed by atoms with E-state index < -0.39 is 0 Å². The van der Waals surface area contributed by atoms with Gasteiger partial charge in [0.2, 0.25) is 0 Å². The second kappa shape index (κ2) is 10.2. The molecule has 0 amide bonds. The summed E-state index contributed by atoms with van der Waals surface area (Å²) in [5.41, 5.74) is 0. The fraction of sp³-hybridized carbons (Fsp3) is 0.889. The van der Waals surface area contributed by atoms with Crippen molar-refractivity contribution in [2.75, 3.05) is 24.8 Å². The highest BCUT2D eigenvalue weighted by Gasteiger charge is 1.98. The summed E-state index contributed by atoms with van der Waals surface area (Å²) in [7, 11) is 1.42. The molecule has 0 aromatic rings. The van der Waals surface area contributed by atoms with Crippen molar-refractivity contribution in [2.45, 2.75) is 25.7 Å². The van der Waals surface area contributed by atoms with Gasteiger partial charge in [-0.05, 0) is 12.8 Å². The predicted octanol–water partition coefficient (Wildman–Crippen LogP) is 2.17. The topological polar surface area (TPSA) is 35.5 Å². The van der Waals surface area contributed by atoms with Crippen LogP contribution in [0.4, 0.5) is 0 Å². The molecule has 0 radical (unpaired) electrons. The molecule has 0 saturated carbocycles. The molecule has 0 saturated heterocycles. The van der Waals surface area contributed by atoms with Crippen LogP contribution in [-0.2, 0) is 14.3 Å². The van der Waals surface area contributed by atoms with Crippen LogP contribution in [0.25, 0.3) is 0 Å². The quantitative estimate of drug-likeness (QED) is 0.298. The van der Waals surface area contributed by atoms with Crippen LogP contribution in [-0.4, -0.2) is 30.7 Å². The lowest BCUT2D eigenvalue weighted by Crippen LogP contribution is -2.01. The summed E-state index contributed by atoms with van der Waals surface area (Å²) in [5.74, 6) is -0.117. The Labute approximate surface area is 93.3 Å². The van der Waals surface area contributed by atoms with Gasteiger partial charge in [0.1, 0.15) is 0 Å². The maximum Gasteiger partial charge on any atom is 0.305 e. The molecule has 13 heavy (non-hydrogen) atoms. The Morgan fingerprint density at radius 3 is 2.62 bits per heavy atom. The summed E-state index contributed by atoms with van der Waals surface area (Å²) in [6.45, 7) is 1.64. The van der Waals surface area contributed by atoms with Crippen LogP contribution >= 0.6 is 22.6 Å². The Hall–Kier alpha value is 0.160.